The van der Waals surface area contributed by atoms with Gasteiger partial charge in [-0.3, -0.25) is 0 Å². The Morgan fingerprint density at radius 2 is 1.76 bits per heavy atom. The Hall–Kier alpha value is -2.68. The van der Waals surface area contributed by atoms with E-state index in [9.17, 15) is 0 Å². The van der Waals surface area contributed by atoms with Gasteiger partial charge in [-0.15, -0.1) is 0 Å². The van der Waals surface area contributed by atoms with Crippen LogP contribution in [0.15, 0.2) is 41.0 Å². The van der Waals surface area contributed by atoms with Crippen LogP contribution in [0.2, 0.25) is 0 Å². The molecule has 0 saturated heterocycles. The van der Waals surface area contributed by atoms with Crippen LogP contribution in [0.25, 0.3) is 16.8 Å². The molecule has 2 aromatic carbocycles. The summed E-state index contributed by atoms with van der Waals surface area (Å²) in [6, 6.07) is 8.50. The van der Waals surface area contributed by atoms with Gasteiger partial charge in [0.25, 0.3) is 0 Å². The molecule has 3 aromatic rings. The summed E-state index contributed by atoms with van der Waals surface area (Å²) in [5, 5.41) is 2.19. The van der Waals surface area contributed by atoms with Crippen LogP contribution in [0.1, 0.15) is 41.4 Å². The van der Waals surface area contributed by atoms with Crippen LogP contribution in [0.5, 0.6) is 11.5 Å². The molecular formula is C22H20O3. The average Bonchev–Trinajstić information content (AvgIpc) is 3.04. The molecule has 0 aliphatic heterocycles. The van der Waals surface area contributed by atoms with Crippen LogP contribution in [-0.2, 0) is 11.8 Å². The summed E-state index contributed by atoms with van der Waals surface area (Å²) in [4.78, 5) is 0. The summed E-state index contributed by atoms with van der Waals surface area (Å²) in [7, 11) is 3.43. The maximum Gasteiger partial charge on any atom is 0.126 e. The molecule has 2 aliphatic rings. The minimum absolute atomic E-state index is 0.0533. The van der Waals surface area contributed by atoms with Crippen molar-refractivity contribution in [1.29, 1.82) is 0 Å². The Kier molecular flexibility index (Phi) is 2.88. The van der Waals surface area contributed by atoms with Crippen molar-refractivity contribution in [2.24, 2.45) is 0 Å². The fraction of sp³-hybridized carbons (Fsp3) is 0.273. The largest absolute Gasteiger partial charge is 0.496 e. The van der Waals surface area contributed by atoms with Gasteiger partial charge < -0.3 is 13.9 Å². The zero-order valence-electron chi connectivity index (χ0n) is 14.7. The van der Waals surface area contributed by atoms with Crippen molar-refractivity contribution >= 4 is 16.8 Å². The lowest BCUT2D eigenvalue weighted by atomic mass is 9.65. The van der Waals surface area contributed by atoms with E-state index in [2.05, 4.69) is 31.2 Å². The van der Waals surface area contributed by atoms with Crippen molar-refractivity contribution < 1.29 is 13.9 Å². The maximum absolute atomic E-state index is 5.92. The molecule has 3 nitrogen and oxygen atoms in total. The summed E-state index contributed by atoms with van der Waals surface area (Å²) < 4.78 is 17.1. The normalized spacial score (nSPS) is 20.3. The SMILES string of the molecule is COc1ccc(OC)c2cc3c(cc12)Cc1occ2c1[C@@]3(C)CC=C2. The van der Waals surface area contributed by atoms with Crippen LogP contribution in [0.4, 0.5) is 0 Å². The molecule has 126 valence electrons. The third-order valence-corrected chi connectivity index (χ3v) is 5.82. The molecule has 0 radical (unpaired) electrons. The summed E-state index contributed by atoms with van der Waals surface area (Å²) in [6.07, 6.45) is 8.14. The van der Waals surface area contributed by atoms with E-state index in [1.807, 2.05) is 18.4 Å². The standard InChI is InChI=1S/C22H20O3/c1-22-8-4-5-13-12-25-20(21(13)22)10-14-9-15-16(11-17(14)22)19(24-3)7-6-18(15)23-2/h4-7,9,11-12H,8,10H2,1-3H3/t22-/m0/s1. The van der Waals surface area contributed by atoms with Crippen molar-refractivity contribution in [1.82, 2.24) is 0 Å². The fourth-order valence-corrected chi connectivity index (χ4v) is 4.63. The zero-order chi connectivity index (χ0) is 17.2. The Morgan fingerprint density at radius 3 is 2.48 bits per heavy atom. The van der Waals surface area contributed by atoms with Crippen LogP contribution >= 0.6 is 0 Å². The number of fused-ring (bicyclic) bond motifs is 3. The lowest BCUT2D eigenvalue weighted by molar-refractivity contribution is 0.410. The number of furan rings is 1. The highest BCUT2D eigenvalue weighted by Crippen LogP contribution is 2.50. The minimum atomic E-state index is -0.0533. The van der Waals surface area contributed by atoms with Gasteiger partial charge in [0.15, 0.2) is 0 Å². The number of rotatable bonds is 2. The van der Waals surface area contributed by atoms with Crippen molar-refractivity contribution in [3.05, 3.63) is 64.6 Å². The third-order valence-electron chi connectivity index (χ3n) is 5.82. The van der Waals surface area contributed by atoms with Crippen molar-refractivity contribution in [2.75, 3.05) is 14.2 Å². The molecule has 3 heteroatoms. The van der Waals surface area contributed by atoms with Crippen molar-refractivity contribution in [2.45, 2.75) is 25.2 Å². The minimum Gasteiger partial charge on any atom is -0.496 e. The third kappa shape index (κ3) is 1.81. The first-order valence-electron chi connectivity index (χ1n) is 8.61. The smallest absolute Gasteiger partial charge is 0.126 e. The number of benzene rings is 2. The van der Waals surface area contributed by atoms with E-state index < -0.39 is 0 Å². The molecule has 1 atom stereocenters. The highest BCUT2D eigenvalue weighted by Gasteiger charge is 2.41. The Bertz CT molecular complexity index is 1040. The number of allylic oxidation sites excluding steroid dienone is 1. The van der Waals surface area contributed by atoms with E-state index >= 15 is 0 Å². The second-order valence-corrected chi connectivity index (χ2v) is 7.13. The van der Waals surface area contributed by atoms with Gasteiger partial charge in [0.2, 0.25) is 0 Å². The van der Waals surface area contributed by atoms with Gasteiger partial charge in [-0.05, 0) is 41.8 Å². The van der Waals surface area contributed by atoms with Gasteiger partial charge in [-0.2, -0.15) is 0 Å². The Balaban J connectivity index is 1.85. The van der Waals surface area contributed by atoms with E-state index in [1.54, 1.807) is 14.2 Å². The number of hydrogen-bond acceptors (Lipinski definition) is 3. The molecule has 0 fully saturated rings. The Labute approximate surface area is 146 Å². The summed E-state index contributed by atoms with van der Waals surface area (Å²) in [5.74, 6) is 2.85. The first kappa shape index (κ1) is 14.6. The van der Waals surface area contributed by atoms with Crippen LogP contribution in [-0.4, -0.2) is 14.2 Å². The summed E-state index contributed by atoms with van der Waals surface area (Å²) in [5.41, 5.74) is 5.19. The number of methoxy groups -OCH3 is 2. The van der Waals surface area contributed by atoms with Crippen molar-refractivity contribution in [3.8, 4) is 11.5 Å². The fourth-order valence-electron chi connectivity index (χ4n) is 4.63. The zero-order valence-corrected chi connectivity index (χ0v) is 14.7. The van der Waals surface area contributed by atoms with Gasteiger partial charge in [0.1, 0.15) is 17.3 Å². The molecule has 0 spiro atoms. The average molecular weight is 332 g/mol. The maximum atomic E-state index is 5.92. The van der Waals surface area contributed by atoms with Crippen LogP contribution in [0.3, 0.4) is 0 Å². The van der Waals surface area contributed by atoms with E-state index in [0.717, 1.165) is 40.9 Å². The van der Waals surface area contributed by atoms with Gasteiger partial charge in [-0.25, -0.2) is 0 Å². The highest BCUT2D eigenvalue weighted by molar-refractivity contribution is 5.95. The Morgan fingerprint density at radius 1 is 1.04 bits per heavy atom. The van der Waals surface area contributed by atoms with Crippen LogP contribution in [0, 0.1) is 0 Å². The lowest BCUT2D eigenvalue weighted by Crippen LogP contribution is -2.31. The predicted molar refractivity (Wildman–Crippen MR) is 98.7 cm³/mol. The highest BCUT2D eigenvalue weighted by atomic mass is 16.5. The molecule has 0 saturated carbocycles. The van der Waals surface area contributed by atoms with Crippen molar-refractivity contribution in [3.63, 3.8) is 0 Å². The first-order chi connectivity index (χ1) is 12.2. The molecule has 0 N–H and O–H groups in total. The first-order valence-corrected chi connectivity index (χ1v) is 8.61. The predicted octanol–water partition coefficient (Wildman–Crippen LogP) is 5.08. The topological polar surface area (TPSA) is 31.6 Å². The number of ether oxygens (including phenoxy) is 2. The van der Waals surface area contributed by atoms with Gasteiger partial charge in [-0.1, -0.05) is 19.1 Å². The quantitative estimate of drug-likeness (QED) is 0.656. The second kappa shape index (κ2) is 4.92. The van der Waals surface area contributed by atoms with Gasteiger partial charge >= 0.3 is 0 Å². The number of hydrogen-bond donors (Lipinski definition) is 0. The van der Waals surface area contributed by atoms with Gasteiger partial charge in [0.05, 0.1) is 20.5 Å². The summed E-state index contributed by atoms with van der Waals surface area (Å²) >= 11 is 0. The molecule has 1 heterocycles. The molecule has 25 heavy (non-hydrogen) atoms. The van der Waals surface area contributed by atoms with Gasteiger partial charge in [0, 0.05) is 33.7 Å². The van der Waals surface area contributed by atoms with E-state index in [0.29, 0.717) is 0 Å². The van der Waals surface area contributed by atoms with E-state index in [4.69, 9.17) is 13.9 Å². The summed E-state index contributed by atoms with van der Waals surface area (Å²) in [6.45, 7) is 2.32. The lowest BCUT2D eigenvalue weighted by Gasteiger charge is -2.37. The molecular weight excluding hydrogens is 312 g/mol. The molecule has 2 aliphatic carbocycles. The molecule has 5 rings (SSSR count). The molecule has 0 unspecified atom stereocenters. The monoisotopic (exact) mass is 332 g/mol. The molecule has 0 amide bonds. The second-order valence-electron chi connectivity index (χ2n) is 7.13. The van der Waals surface area contributed by atoms with E-state index in [1.165, 1.54) is 22.3 Å². The molecule has 0 bridgehead atoms. The van der Waals surface area contributed by atoms with Crippen LogP contribution < -0.4 is 9.47 Å². The molecule has 1 aromatic heterocycles. The van der Waals surface area contributed by atoms with E-state index in [-0.39, 0.29) is 5.41 Å².